The first-order valence-corrected chi connectivity index (χ1v) is 8.49. The average molecular weight is 380 g/mol. The molecule has 2 aromatic carbocycles. The van der Waals surface area contributed by atoms with Crippen LogP contribution in [0.2, 0.25) is 0 Å². The Hall–Kier alpha value is -3.81. The number of nitrogens with zero attached hydrogens (tertiary/aromatic N) is 2. The van der Waals surface area contributed by atoms with Gasteiger partial charge in [0, 0.05) is 17.6 Å². The lowest BCUT2D eigenvalue weighted by molar-refractivity contribution is 0.0526. The molecule has 3 rings (SSSR count). The molecule has 7 nitrogen and oxygen atoms in total. The van der Waals surface area contributed by atoms with Gasteiger partial charge in [0.25, 0.3) is 5.91 Å². The van der Waals surface area contributed by atoms with Gasteiger partial charge in [0.1, 0.15) is 11.5 Å². The number of carbonyl (C=O) groups excluding carboxylic acids is 2. The summed E-state index contributed by atoms with van der Waals surface area (Å²) in [6.07, 6.45) is 1.44. The quantitative estimate of drug-likeness (QED) is 0.632. The molecule has 0 bridgehead atoms. The lowest BCUT2D eigenvalue weighted by atomic mass is 10.2. The van der Waals surface area contributed by atoms with Crippen LogP contribution in [-0.4, -0.2) is 28.5 Å². The third-order valence-electron chi connectivity index (χ3n) is 3.64. The molecule has 0 atom stereocenters. The van der Waals surface area contributed by atoms with E-state index in [9.17, 15) is 14.0 Å². The van der Waals surface area contributed by atoms with E-state index in [4.69, 9.17) is 4.74 Å². The molecule has 2 N–H and O–H groups in total. The van der Waals surface area contributed by atoms with Gasteiger partial charge in [0.15, 0.2) is 0 Å². The maximum atomic E-state index is 13.0. The van der Waals surface area contributed by atoms with Gasteiger partial charge in [0.2, 0.25) is 5.95 Å². The van der Waals surface area contributed by atoms with E-state index in [1.54, 1.807) is 31.2 Å². The molecule has 0 radical (unpaired) electrons. The van der Waals surface area contributed by atoms with Crippen LogP contribution < -0.4 is 10.6 Å². The molecule has 0 aliphatic carbocycles. The zero-order valence-corrected chi connectivity index (χ0v) is 15.0. The van der Waals surface area contributed by atoms with Gasteiger partial charge in [0.05, 0.1) is 12.2 Å². The number of esters is 1. The number of halogens is 1. The van der Waals surface area contributed by atoms with Crippen LogP contribution in [0.25, 0.3) is 0 Å². The first kappa shape index (κ1) is 19.0. The smallest absolute Gasteiger partial charge is 0.338 e. The molecule has 142 valence electrons. The second-order valence-electron chi connectivity index (χ2n) is 5.65. The molecule has 0 saturated heterocycles. The summed E-state index contributed by atoms with van der Waals surface area (Å²) in [6, 6.07) is 13.5. The first-order chi connectivity index (χ1) is 13.5. The predicted molar refractivity (Wildman–Crippen MR) is 102 cm³/mol. The number of benzene rings is 2. The summed E-state index contributed by atoms with van der Waals surface area (Å²) in [7, 11) is 0. The summed E-state index contributed by atoms with van der Waals surface area (Å²) >= 11 is 0. The van der Waals surface area contributed by atoms with Crippen LogP contribution in [0.1, 0.15) is 27.8 Å². The van der Waals surface area contributed by atoms with Crippen molar-refractivity contribution < 1.29 is 18.7 Å². The predicted octanol–water partition coefficient (Wildman–Crippen LogP) is 3.79. The summed E-state index contributed by atoms with van der Waals surface area (Å²) in [5.41, 5.74) is 1.64. The van der Waals surface area contributed by atoms with E-state index in [1.165, 1.54) is 36.5 Å². The number of ether oxygens (including phenoxy) is 1. The van der Waals surface area contributed by atoms with E-state index in [-0.39, 0.29) is 17.5 Å². The molecule has 1 aromatic heterocycles. The zero-order chi connectivity index (χ0) is 19.9. The summed E-state index contributed by atoms with van der Waals surface area (Å²) < 4.78 is 17.9. The van der Waals surface area contributed by atoms with Gasteiger partial charge in [-0.2, -0.15) is 0 Å². The highest BCUT2D eigenvalue weighted by atomic mass is 19.1. The van der Waals surface area contributed by atoms with E-state index < -0.39 is 11.9 Å². The van der Waals surface area contributed by atoms with Crippen LogP contribution in [0.3, 0.4) is 0 Å². The second-order valence-corrected chi connectivity index (χ2v) is 5.65. The number of hydrogen-bond acceptors (Lipinski definition) is 6. The third-order valence-corrected chi connectivity index (χ3v) is 3.64. The Morgan fingerprint density at radius 3 is 2.36 bits per heavy atom. The van der Waals surface area contributed by atoms with Crippen molar-refractivity contribution in [2.75, 3.05) is 17.2 Å². The second kappa shape index (κ2) is 8.72. The molecule has 28 heavy (non-hydrogen) atoms. The minimum Gasteiger partial charge on any atom is -0.462 e. The molecule has 0 aliphatic heterocycles. The SMILES string of the molecule is CCOC(=O)c1ccc(NC(=O)c2ccnc(Nc3ccc(F)cc3)n2)cc1. The Morgan fingerprint density at radius 1 is 1.00 bits per heavy atom. The number of hydrogen-bond donors (Lipinski definition) is 2. The molecule has 8 heteroatoms. The Morgan fingerprint density at radius 2 is 1.68 bits per heavy atom. The number of nitrogens with one attached hydrogen (secondary N) is 2. The van der Waals surface area contributed by atoms with Crippen LogP contribution in [0.4, 0.5) is 21.7 Å². The van der Waals surface area contributed by atoms with Gasteiger partial charge < -0.3 is 15.4 Å². The summed E-state index contributed by atoms with van der Waals surface area (Å²) in [6.45, 7) is 2.02. The molecule has 0 saturated carbocycles. The van der Waals surface area contributed by atoms with Crippen molar-refractivity contribution in [1.82, 2.24) is 9.97 Å². The molecule has 1 heterocycles. The Bertz CT molecular complexity index is 976. The summed E-state index contributed by atoms with van der Waals surface area (Å²) in [5.74, 6) is -1.01. The van der Waals surface area contributed by atoms with Gasteiger partial charge >= 0.3 is 5.97 Å². The molecule has 0 fully saturated rings. The first-order valence-electron chi connectivity index (χ1n) is 8.49. The number of rotatable bonds is 6. The van der Waals surface area contributed by atoms with Crippen molar-refractivity contribution in [2.24, 2.45) is 0 Å². The van der Waals surface area contributed by atoms with Crippen molar-refractivity contribution >= 4 is 29.2 Å². The Labute approximate surface area is 160 Å². The fraction of sp³-hybridized carbons (Fsp3) is 0.100. The highest BCUT2D eigenvalue weighted by molar-refractivity contribution is 6.03. The molecule has 0 unspecified atom stereocenters. The molecular formula is C20H17FN4O3. The average Bonchev–Trinajstić information content (AvgIpc) is 2.71. The third kappa shape index (κ3) is 4.88. The molecule has 1 amide bonds. The van der Waals surface area contributed by atoms with Crippen molar-refractivity contribution in [1.29, 1.82) is 0 Å². The lowest BCUT2D eigenvalue weighted by Crippen LogP contribution is -2.15. The number of anilines is 3. The summed E-state index contributed by atoms with van der Waals surface area (Å²) in [4.78, 5) is 32.3. The van der Waals surface area contributed by atoms with E-state index in [2.05, 4.69) is 20.6 Å². The van der Waals surface area contributed by atoms with Crippen LogP contribution in [0, 0.1) is 5.82 Å². The zero-order valence-electron chi connectivity index (χ0n) is 15.0. The van der Waals surface area contributed by atoms with Gasteiger partial charge in [-0.05, 0) is 61.5 Å². The van der Waals surface area contributed by atoms with Crippen molar-refractivity contribution in [3.8, 4) is 0 Å². The van der Waals surface area contributed by atoms with Crippen LogP contribution in [0.5, 0.6) is 0 Å². The van der Waals surface area contributed by atoms with Gasteiger partial charge in [-0.25, -0.2) is 19.2 Å². The normalized spacial score (nSPS) is 10.2. The standard InChI is InChI=1S/C20H17FN4O3/c1-2-28-19(27)13-3-7-15(8-4-13)23-18(26)17-11-12-22-20(25-17)24-16-9-5-14(21)6-10-16/h3-12H,2H2,1H3,(H,23,26)(H,22,24,25). The number of amides is 1. The van der Waals surface area contributed by atoms with E-state index in [0.29, 0.717) is 23.5 Å². The molecule has 0 aliphatic rings. The molecule has 0 spiro atoms. The van der Waals surface area contributed by atoms with Crippen molar-refractivity contribution in [3.63, 3.8) is 0 Å². The van der Waals surface area contributed by atoms with Gasteiger partial charge in [-0.15, -0.1) is 0 Å². The fourth-order valence-electron chi connectivity index (χ4n) is 2.31. The maximum absolute atomic E-state index is 13.0. The van der Waals surface area contributed by atoms with E-state index in [1.807, 2.05) is 0 Å². The molecule has 3 aromatic rings. The minimum absolute atomic E-state index is 0.147. The molecular weight excluding hydrogens is 363 g/mol. The number of aromatic nitrogens is 2. The van der Waals surface area contributed by atoms with E-state index >= 15 is 0 Å². The minimum atomic E-state index is -0.437. The fourth-order valence-corrected chi connectivity index (χ4v) is 2.31. The largest absolute Gasteiger partial charge is 0.462 e. The topological polar surface area (TPSA) is 93.2 Å². The van der Waals surface area contributed by atoms with Crippen LogP contribution in [-0.2, 0) is 4.74 Å². The lowest BCUT2D eigenvalue weighted by Gasteiger charge is -2.08. The van der Waals surface area contributed by atoms with Crippen molar-refractivity contribution in [3.05, 3.63) is 77.9 Å². The Kier molecular flexibility index (Phi) is 5.91. The maximum Gasteiger partial charge on any atom is 0.338 e. The Balaban J connectivity index is 1.67. The summed E-state index contributed by atoms with van der Waals surface area (Å²) in [5, 5.41) is 5.60. The highest BCUT2D eigenvalue weighted by Gasteiger charge is 2.11. The van der Waals surface area contributed by atoms with Crippen LogP contribution in [0.15, 0.2) is 60.8 Å². The van der Waals surface area contributed by atoms with E-state index in [0.717, 1.165) is 0 Å². The number of carbonyl (C=O) groups is 2. The van der Waals surface area contributed by atoms with Gasteiger partial charge in [-0.3, -0.25) is 4.79 Å². The highest BCUT2D eigenvalue weighted by Crippen LogP contribution is 2.15. The monoisotopic (exact) mass is 380 g/mol. The van der Waals surface area contributed by atoms with Crippen LogP contribution >= 0.6 is 0 Å². The van der Waals surface area contributed by atoms with Crippen molar-refractivity contribution in [2.45, 2.75) is 6.92 Å². The van der Waals surface area contributed by atoms with Gasteiger partial charge in [-0.1, -0.05) is 0 Å².